The van der Waals surface area contributed by atoms with Crippen LogP contribution in [0.4, 0.5) is 0 Å². The van der Waals surface area contributed by atoms with E-state index in [-0.39, 0.29) is 5.91 Å². The number of thioether (sulfide) groups is 1. The van der Waals surface area contributed by atoms with Crippen molar-refractivity contribution in [1.82, 2.24) is 20.2 Å². The molecule has 1 amide bonds. The average Bonchev–Trinajstić information content (AvgIpc) is 3.10. The first kappa shape index (κ1) is 20.1. The molecule has 0 radical (unpaired) electrons. The Kier molecular flexibility index (Phi) is 6.46. The van der Waals surface area contributed by atoms with Crippen LogP contribution in [0, 0.1) is 5.92 Å². The molecular formula is C21H25N5OS. The highest BCUT2D eigenvalue weighted by molar-refractivity contribution is 7.98. The lowest BCUT2D eigenvalue weighted by molar-refractivity contribution is 0.0954. The first-order valence-electron chi connectivity index (χ1n) is 9.19. The molecule has 146 valence electrons. The van der Waals surface area contributed by atoms with Gasteiger partial charge in [-0.25, -0.2) is 5.43 Å². The van der Waals surface area contributed by atoms with Crippen LogP contribution in [0.2, 0.25) is 0 Å². The monoisotopic (exact) mass is 395 g/mol. The Morgan fingerprint density at radius 1 is 1.39 bits per heavy atom. The highest BCUT2D eigenvalue weighted by atomic mass is 32.2. The van der Waals surface area contributed by atoms with Gasteiger partial charge in [-0.3, -0.25) is 4.79 Å². The molecule has 0 saturated carbocycles. The smallest absolute Gasteiger partial charge is 0.271 e. The number of nitrogens with zero attached hydrogens (tertiary/aromatic N) is 4. The fraction of sp³-hybridized carbons (Fsp3) is 0.333. The molecule has 0 bridgehead atoms. The number of allylic oxidation sites excluding steroid dienone is 3. The molecule has 0 spiro atoms. The standard InChI is InChI=1S/C21H25N5OS/c1-14(2)18-8-5-15(3)19(11-18)23-24-20(27)17-9-6-16(7-10-17)12-28-21-25-22-13-26(21)4/h5-7,9-10,13,18H,1,8,11-12H2,2-4H3,(H,24,27)/t18-/m0/s1. The summed E-state index contributed by atoms with van der Waals surface area (Å²) in [6, 6.07) is 7.55. The van der Waals surface area contributed by atoms with E-state index in [1.807, 2.05) is 49.7 Å². The van der Waals surface area contributed by atoms with E-state index in [4.69, 9.17) is 0 Å². The van der Waals surface area contributed by atoms with Gasteiger partial charge in [-0.2, -0.15) is 5.10 Å². The molecule has 6 nitrogen and oxygen atoms in total. The van der Waals surface area contributed by atoms with E-state index in [9.17, 15) is 4.79 Å². The second-order valence-electron chi connectivity index (χ2n) is 7.08. The van der Waals surface area contributed by atoms with Gasteiger partial charge in [-0.05, 0) is 55.9 Å². The zero-order valence-corrected chi connectivity index (χ0v) is 17.3. The molecule has 0 saturated heterocycles. The highest BCUT2D eigenvalue weighted by Crippen LogP contribution is 2.26. The van der Waals surface area contributed by atoms with Gasteiger partial charge in [-0.1, -0.05) is 42.1 Å². The topological polar surface area (TPSA) is 72.2 Å². The maximum atomic E-state index is 12.4. The molecular weight excluding hydrogens is 370 g/mol. The maximum Gasteiger partial charge on any atom is 0.271 e. The van der Waals surface area contributed by atoms with Gasteiger partial charge in [-0.15, -0.1) is 10.2 Å². The molecule has 3 rings (SSSR count). The lowest BCUT2D eigenvalue weighted by atomic mass is 9.85. The summed E-state index contributed by atoms with van der Waals surface area (Å²) in [6.07, 6.45) is 5.65. The van der Waals surface area contributed by atoms with E-state index in [1.165, 1.54) is 0 Å². The van der Waals surface area contributed by atoms with Crippen molar-refractivity contribution in [1.29, 1.82) is 0 Å². The van der Waals surface area contributed by atoms with Gasteiger partial charge in [0.15, 0.2) is 5.16 Å². The third-order valence-electron chi connectivity index (χ3n) is 4.85. The number of hydrogen-bond acceptors (Lipinski definition) is 5. The summed E-state index contributed by atoms with van der Waals surface area (Å²) in [4.78, 5) is 12.4. The van der Waals surface area contributed by atoms with Crippen LogP contribution in [0.5, 0.6) is 0 Å². The number of amides is 1. The van der Waals surface area contributed by atoms with Gasteiger partial charge >= 0.3 is 0 Å². The predicted octanol–water partition coefficient (Wildman–Crippen LogP) is 4.13. The summed E-state index contributed by atoms with van der Waals surface area (Å²) in [6.45, 7) is 8.12. The molecule has 1 atom stereocenters. The zero-order chi connectivity index (χ0) is 20.1. The number of aryl methyl sites for hydroxylation is 1. The number of nitrogens with one attached hydrogen (secondary N) is 1. The maximum absolute atomic E-state index is 12.4. The lowest BCUT2D eigenvalue weighted by Gasteiger charge is -2.22. The summed E-state index contributed by atoms with van der Waals surface area (Å²) in [5.74, 6) is 0.957. The second kappa shape index (κ2) is 9.01. The Hall–Kier alpha value is -2.67. The molecule has 1 aliphatic carbocycles. The second-order valence-corrected chi connectivity index (χ2v) is 8.02. The van der Waals surface area contributed by atoms with E-state index < -0.39 is 0 Å². The minimum atomic E-state index is -0.203. The van der Waals surface area contributed by atoms with Crippen molar-refractivity contribution in [3.63, 3.8) is 0 Å². The normalized spacial score (nSPS) is 18.0. The number of rotatable bonds is 6. The summed E-state index contributed by atoms with van der Waals surface area (Å²) < 4.78 is 1.88. The largest absolute Gasteiger partial charge is 0.312 e. The molecule has 1 heterocycles. The Bertz CT molecular complexity index is 927. The zero-order valence-electron chi connectivity index (χ0n) is 16.5. The summed E-state index contributed by atoms with van der Waals surface area (Å²) in [7, 11) is 1.92. The molecule has 0 fully saturated rings. The molecule has 1 N–H and O–H groups in total. The van der Waals surface area contributed by atoms with Crippen molar-refractivity contribution in [2.45, 2.75) is 37.6 Å². The van der Waals surface area contributed by atoms with Gasteiger partial charge in [0.1, 0.15) is 6.33 Å². The fourth-order valence-electron chi connectivity index (χ4n) is 2.91. The van der Waals surface area contributed by atoms with Crippen LogP contribution in [0.15, 0.2) is 64.7 Å². The molecule has 28 heavy (non-hydrogen) atoms. The van der Waals surface area contributed by atoms with Crippen LogP contribution in [0.25, 0.3) is 0 Å². The van der Waals surface area contributed by atoms with Crippen LogP contribution < -0.4 is 5.43 Å². The van der Waals surface area contributed by atoms with Crippen LogP contribution >= 0.6 is 11.8 Å². The van der Waals surface area contributed by atoms with E-state index in [0.717, 1.165) is 46.2 Å². The minimum absolute atomic E-state index is 0.203. The van der Waals surface area contributed by atoms with Crippen molar-refractivity contribution in [3.05, 3.63) is 65.5 Å². The number of carbonyl (C=O) groups excluding carboxylic acids is 1. The quantitative estimate of drug-likeness (QED) is 0.454. The van der Waals surface area contributed by atoms with Gasteiger partial charge < -0.3 is 4.57 Å². The fourth-order valence-corrected chi connectivity index (χ4v) is 3.75. The Labute approximate surface area is 169 Å². The third-order valence-corrected chi connectivity index (χ3v) is 5.95. The average molecular weight is 396 g/mol. The molecule has 1 aliphatic rings. The lowest BCUT2D eigenvalue weighted by Crippen LogP contribution is -2.23. The first-order chi connectivity index (χ1) is 13.4. The highest BCUT2D eigenvalue weighted by Gasteiger charge is 2.19. The van der Waals surface area contributed by atoms with E-state index in [1.54, 1.807) is 18.1 Å². The van der Waals surface area contributed by atoms with Gasteiger partial charge in [0, 0.05) is 18.4 Å². The van der Waals surface area contributed by atoms with E-state index >= 15 is 0 Å². The van der Waals surface area contributed by atoms with Gasteiger partial charge in [0.25, 0.3) is 5.91 Å². The van der Waals surface area contributed by atoms with Crippen LogP contribution in [-0.2, 0) is 12.8 Å². The number of aromatic nitrogens is 3. The van der Waals surface area contributed by atoms with Crippen molar-refractivity contribution in [3.8, 4) is 0 Å². The first-order valence-corrected chi connectivity index (χ1v) is 10.2. The summed E-state index contributed by atoms with van der Waals surface area (Å²) >= 11 is 1.61. The van der Waals surface area contributed by atoms with Gasteiger partial charge in [0.05, 0.1) is 5.71 Å². The Balaban J connectivity index is 1.58. The molecule has 7 heteroatoms. The SMILES string of the molecule is C=C(C)[C@H]1CC=C(C)C(=NNC(=O)c2ccc(CSc3nncn3C)cc2)C1. The van der Waals surface area contributed by atoms with Crippen LogP contribution in [-0.4, -0.2) is 26.4 Å². The molecule has 1 aromatic heterocycles. The van der Waals surface area contributed by atoms with Crippen LogP contribution in [0.3, 0.4) is 0 Å². The van der Waals surface area contributed by atoms with Crippen molar-refractivity contribution < 1.29 is 4.79 Å². The van der Waals surface area contributed by atoms with E-state index in [0.29, 0.717) is 11.5 Å². The molecule has 1 aromatic carbocycles. The number of hydrogen-bond donors (Lipinski definition) is 1. The van der Waals surface area contributed by atoms with Crippen molar-refractivity contribution >= 4 is 23.4 Å². The Morgan fingerprint density at radius 2 is 2.14 bits per heavy atom. The predicted molar refractivity (Wildman–Crippen MR) is 113 cm³/mol. The third kappa shape index (κ3) is 4.98. The number of benzene rings is 1. The molecule has 0 unspecified atom stereocenters. The van der Waals surface area contributed by atoms with Crippen LogP contribution in [0.1, 0.15) is 42.6 Å². The molecule has 2 aromatic rings. The molecule has 0 aliphatic heterocycles. The van der Waals surface area contributed by atoms with Gasteiger partial charge in [0.2, 0.25) is 0 Å². The van der Waals surface area contributed by atoms with Crippen molar-refractivity contribution in [2.75, 3.05) is 0 Å². The number of hydrazone groups is 1. The summed E-state index contributed by atoms with van der Waals surface area (Å²) in [5, 5.41) is 13.1. The number of carbonyl (C=O) groups is 1. The van der Waals surface area contributed by atoms with Crippen molar-refractivity contribution in [2.24, 2.45) is 18.1 Å². The summed E-state index contributed by atoms with van der Waals surface area (Å²) in [5.41, 5.74) is 7.59. The minimum Gasteiger partial charge on any atom is -0.312 e. The Morgan fingerprint density at radius 3 is 2.79 bits per heavy atom. The van der Waals surface area contributed by atoms with E-state index in [2.05, 4.69) is 33.4 Å².